The first-order valence-electron chi connectivity index (χ1n) is 7.52. The van der Waals surface area contributed by atoms with Gasteiger partial charge in [-0.2, -0.15) is 0 Å². The second-order valence-corrected chi connectivity index (χ2v) is 8.43. The summed E-state index contributed by atoms with van der Waals surface area (Å²) in [7, 11) is -3.87. The third kappa shape index (κ3) is 3.53. The molecule has 0 heterocycles. The molecule has 2 aromatic rings. The Balaban J connectivity index is 1.72. The van der Waals surface area contributed by atoms with Crippen molar-refractivity contribution in [2.75, 3.05) is 0 Å². The van der Waals surface area contributed by atoms with Crippen molar-refractivity contribution in [2.24, 2.45) is 11.7 Å². The van der Waals surface area contributed by atoms with Gasteiger partial charge in [0.15, 0.2) is 0 Å². The Labute approximate surface area is 149 Å². The normalized spacial score (nSPS) is 16.7. The number of sulfonamides is 1. The van der Waals surface area contributed by atoms with Gasteiger partial charge in [-0.1, -0.05) is 34.1 Å². The Morgan fingerprint density at radius 1 is 1.12 bits per heavy atom. The maximum atomic E-state index is 12.4. The van der Waals surface area contributed by atoms with E-state index in [0.717, 1.165) is 21.2 Å². The number of fused-ring (bicyclic) bond motifs is 1. The summed E-state index contributed by atoms with van der Waals surface area (Å²) >= 11 is 3.41. The van der Waals surface area contributed by atoms with Gasteiger partial charge >= 0.3 is 0 Å². The molecular formula is C17H17BrN2O3S. The smallest absolute Gasteiger partial charge is 0.264 e. The summed E-state index contributed by atoms with van der Waals surface area (Å²) in [5, 5.41) is 0. The summed E-state index contributed by atoms with van der Waals surface area (Å²) in [5.41, 5.74) is 8.50. The summed E-state index contributed by atoms with van der Waals surface area (Å²) in [5.74, 6) is -0.836. The first-order chi connectivity index (χ1) is 11.4. The van der Waals surface area contributed by atoms with Crippen LogP contribution in [0.1, 0.15) is 16.7 Å². The molecule has 0 aliphatic heterocycles. The molecule has 0 aromatic heterocycles. The van der Waals surface area contributed by atoms with Crippen molar-refractivity contribution in [3.63, 3.8) is 0 Å². The van der Waals surface area contributed by atoms with Crippen molar-refractivity contribution in [2.45, 2.75) is 24.3 Å². The zero-order valence-corrected chi connectivity index (χ0v) is 15.2. The maximum absolute atomic E-state index is 12.4. The molecule has 7 heteroatoms. The van der Waals surface area contributed by atoms with Crippen LogP contribution in [0.4, 0.5) is 0 Å². The number of rotatable bonds is 4. The minimum absolute atomic E-state index is 0.0614. The topological polar surface area (TPSA) is 89.3 Å². The second kappa shape index (κ2) is 6.66. The van der Waals surface area contributed by atoms with Crippen LogP contribution in [0.15, 0.2) is 51.8 Å². The SMILES string of the molecule is NCc1ccc(S(=O)(=O)NC(=O)C2Cc3ccc(Br)cc3C2)cc1. The van der Waals surface area contributed by atoms with Gasteiger partial charge in [-0.3, -0.25) is 4.79 Å². The van der Waals surface area contributed by atoms with Crippen molar-refractivity contribution in [1.82, 2.24) is 4.72 Å². The quantitative estimate of drug-likeness (QED) is 0.810. The molecule has 1 unspecified atom stereocenters. The fraction of sp³-hybridized carbons (Fsp3) is 0.235. The van der Waals surface area contributed by atoms with Gasteiger partial charge in [0.2, 0.25) is 5.91 Å². The van der Waals surface area contributed by atoms with Crippen LogP contribution in [0.5, 0.6) is 0 Å². The molecule has 0 saturated carbocycles. The van der Waals surface area contributed by atoms with Gasteiger partial charge in [0, 0.05) is 16.9 Å². The van der Waals surface area contributed by atoms with Crippen LogP contribution in [-0.2, 0) is 34.2 Å². The van der Waals surface area contributed by atoms with Crippen LogP contribution in [-0.4, -0.2) is 14.3 Å². The number of halogens is 1. The van der Waals surface area contributed by atoms with E-state index in [-0.39, 0.29) is 10.8 Å². The van der Waals surface area contributed by atoms with Gasteiger partial charge in [0.1, 0.15) is 0 Å². The zero-order chi connectivity index (χ0) is 17.3. The lowest BCUT2D eigenvalue weighted by Gasteiger charge is -2.11. The molecule has 126 valence electrons. The Morgan fingerprint density at radius 2 is 1.79 bits per heavy atom. The Morgan fingerprint density at radius 3 is 2.46 bits per heavy atom. The van der Waals surface area contributed by atoms with Gasteiger partial charge in [-0.05, 0) is 53.8 Å². The number of benzene rings is 2. The highest BCUT2D eigenvalue weighted by Crippen LogP contribution is 2.29. The molecular weight excluding hydrogens is 392 g/mol. The first-order valence-corrected chi connectivity index (χ1v) is 9.79. The summed E-state index contributed by atoms with van der Waals surface area (Å²) in [6, 6.07) is 12.1. The minimum Gasteiger partial charge on any atom is -0.326 e. The zero-order valence-electron chi connectivity index (χ0n) is 12.8. The number of amides is 1. The third-order valence-corrected chi connectivity index (χ3v) is 6.03. The molecule has 0 bridgehead atoms. The molecule has 24 heavy (non-hydrogen) atoms. The lowest BCUT2D eigenvalue weighted by molar-refractivity contribution is -0.122. The van der Waals surface area contributed by atoms with Gasteiger partial charge < -0.3 is 5.73 Å². The molecule has 3 rings (SSSR count). The molecule has 1 aliphatic rings. The fourth-order valence-electron chi connectivity index (χ4n) is 2.85. The second-order valence-electron chi connectivity index (χ2n) is 5.84. The van der Waals surface area contributed by atoms with E-state index in [9.17, 15) is 13.2 Å². The van der Waals surface area contributed by atoms with Crippen LogP contribution in [0.25, 0.3) is 0 Å². The van der Waals surface area contributed by atoms with Gasteiger partial charge in [0.05, 0.1) is 4.90 Å². The van der Waals surface area contributed by atoms with Crippen molar-refractivity contribution >= 4 is 31.9 Å². The fourth-order valence-corrected chi connectivity index (χ4v) is 4.30. The molecule has 0 spiro atoms. The Bertz CT molecular complexity index is 879. The number of hydrogen-bond donors (Lipinski definition) is 2. The highest BCUT2D eigenvalue weighted by Gasteiger charge is 2.30. The Kier molecular flexibility index (Phi) is 4.76. The number of carbonyl (C=O) groups is 1. The monoisotopic (exact) mass is 408 g/mol. The van der Waals surface area contributed by atoms with Crippen molar-refractivity contribution in [3.05, 3.63) is 63.6 Å². The number of nitrogens with one attached hydrogen (secondary N) is 1. The van der Waals surface area contributed by atoms with Crippen LogP contribution in [0, 0.1) is 5.92 Å². The average Bonchev–Trinajstić information content (AvgIpc) is 2.98. The van der Waals surface area contributed by atoms with E-state index in [1.165, 1.54) is 12.1 Å². The van der Waals surface area contributed by atoms with Crippen LogP contribution in [0.3, 0.4) is 0 Å². The molecule has 5 nitrogen and oxygen atoms in total. The van der Waals surface area contributed by atoms with E-state index in [2.05, 4.69) is 20.7 Å². The average molecular weight is 409 g/mol. The molecule has 0 fully saturated rings. The molecule has 2 aromatic carbocycles. The van der Waals surface area contributed by atoms with Crippen molar-refractivity contribution in [1.29, 1.82) is 0 Å². The summed E-state index contributed by atoms with van der Waals surface area (Å²) in [6.45, 7) is 0.336. The van der Waals surface area contributed by atoms with Crippen molar-refractivity contribution in [3.8, 4) is 0 Å². The van der Waals surface area contributed by atoms with E-state index >= 15 is 0 Å². The lowest BCUT2D eigenvalue weighted by atomic mass is 10.1. The molecule has 1 aliphatic carbocycles. The van der Waals surface area contributed by atoms with Crippen LogP contribution >= 0.6 is 15.9 Å². The van der Waals surface area contributed by atoms with Gasteiger partial charge in [-0.15, -0.1) is 0 Å². The molecule has 0 saturated heterocycles. The van der Waals surface area contributed by atoms with Crippen molar-refractivity contribution < 1.29 is 13.2 Å². The predicted octanol–water partition coefficient (Wildman–Crippen LogP) is 2.13. The van der Waals surface area contributed by atoms with Gasteiger partial charge in [0.25, 0.3) is 10.0 Å². The van der Waals surface area contributed by atoms with E-state index in [1.807, 2.05) is 18.2 Å². The number of carbonyl (C=O) groups excluding carboxylic acids is 1. The van der Waals surface area contributed by atoms with E-state index < -0.39 is 15.9 Å². The van der Waals surface area contributed by atoms with E-state index in [4.69, 9.17) is 5.73 Å². The molecule has 0 radical (unpaired) electrons. The Hall–Kier alpha value is -1.70. The van der Waals surface area contributed by atoms with Crippen LogP contribution < -0.4 is 10.5 Å². The molecule has 3 N–H and O–H groups in total. The summed E-state index contributed by atoms with van der Waals surface area (Å²) in [4.78, 5) is 12.5. The lowest BCUT2D eigenvalue weighted by Crippen LogP contribution is -2.36. The number of hydrogen-bond acceptors (Lipinski definition) is 4. The summed E-state index contributed by atoms with van der Waals surface area (Å²) in [6.07, 6.45) is 1.10. The highest BCUT2D eigenvalue weighted by molar-refractivity contribution is 9.10. The van der Waals surface area contributed by atoms with E-state index in [0.29, 0.717) is 19.4 Å². The maximum Gasteiger partial charge on any atom is 0.264 e. The van der Waals surface area contributed by atoms with Gasteiger partial charge in [-0.25, -0.2) is 13.1 Å². The largest absolute Gasteiger partial charge is 0.326 e. The molecule has 1 atom stereocenters. The standard InChI is InChI=1S/C17H17BrN2O3S/c18-15-4-3-12-7-14(8-13(12)9-15)17(21)20-24(22,23)16-5-1-11(10-19)2-6-16/h1-6,9,14H,7-8,10,19H2,(H,20,21). The number of nitrogens with two attached hydrogens (primary N) is 1. The predicted molar refractivity (Wildman–Crippen MR) is 94.7 cm³/mol. The first kappa shape index (κ1) is 17.1. The summed E-state index contributed by atoms with van der Waals surface area (Å²) < 4.78 is 27.9. The van der Waals surface area contributed by atoms with Crippen LogP contribution in [0.2, 0.25) is 0 Å². The minimum atomic E-state index is -3.87. The third-order valence-electron chi connectivity index (χ3n) is 4.18. The highest BCUT2D eigenvalue weighted by atomic mass is 79.9. The molecule has 1 amide bonds. The van der Waals surface area contributed by atoms with E-state index in [1.54, 1.807) is 12.1 Å².